The number of hydrogen-bond donors (Lipinski definition) is 4. The number of halogens is 1. The van der Waals surface area contributed by atoms with Crippen LogP contribution in [0.5, 0.6) is 0 Å². The zero-order chi connectivity index (χ0) is 19.6. The fourth-order valence-corrected chi connectivity index (χ4v) is 2.87. The van der Waals surface area contributed by atoms with Crippen molar-refractivity contribution in [3.05, 3.63) is 57.6 Å². The zero-order valence-corrected chi connectivity index (χ0v) is 15.8. The molecule has 0 aliphatic carbocycles. The molecule has 2 aromatic carbocycles. The quantitative estimate of drug-likeness (QED) is 0.479. The van der Waals surface area contributed by atoms with Crippen LogP contribution in [0.1, 0.15) is 53.9 Å². The fraction of sp³-hybridized carbons (Fsp3) is 0.316. The van der Waals surface area contributed by atoms with E-state index in [0.717, 1.165) is 0 Å². The molecule has 0 heterocycles. The number of nitrogen functional groups attached to an aromatic ring is 2. The van der Waals surface area contributed by atoms with E-state index in [9.17, 15) is 9.90 Å². The number of hydrogen-bond acceptors (Lipinski definition) is 6. The van der Waals surface area contributed by atoms with Crippen LogP contribution in [0.25, 0.3) is 0 Å². The molecule has 0 saturated carbocycles. The molecule has 0 aromatic heterocycles. The predicted octanol–water partition coefficient (Wildman–Crippen LogP) is 3.00. The molecular weight excluding hydrogens is 354 g/mol. The summed E-state index contributed by atoms with van der Waals surface area (Å²) in [6, 6.07) is 7.98. The summed E-state index contributed by atoms with van der Waals surface area (Å²) in [5.41, 5.74) is 19.2. The average Bonchev–Trinajstić information content (AvgIpc) is 2.52. The van der Waals surface area contributed by atoms with Gasteiger partial charge >= 0.3 is 5.97 Å². The monoisotopic (exact) mass is 377 g/mol. The van der Waals surface area contributed by atoms with Crippen molar-refractivity contribution in [3.63, 3.8) is 0 Å². The number of esters is 1. The van der Waals surface area contributed by atoms with Crippen LogP contribution in [0.4, 0.5) is 11.4 Å². The molecule has 140 valence electrons. The van der Waals surface area contributed by atoms with Crippen LogP contribution in [-0.2, 0) is 11.3 Å². The SMILES string of the molecule is CC(C)(C)OC(=O)c1c(N)ccc(C(O)c2ccc(Cl)cc2N)c1CN. The molecule has 2 rings (SSSR count). The summed E-state index contributed by atoms with van der Waals surface area (Å²) in [4.78, 5) is 12.6. The van der Waals surface area contributed by atoms with Gasteiger partial charge in [-0.3, -0.25) is 0 Å². The maximum Gasteiger partial charge on any atom is 0.341 e. The number of ether oxygens (including phenoxy) is 1. The van der Waals surface area contributed by atoms with Gasteiger partial charge in [-0.15, -0.1) is 0 Å². The summed E-state index contributed by atoms with van der Waals surface area (Å²) in [6.45, 7) is 5.28. The summed E-state index contributed by atoms with van der Waals surface area (Å²) in [7, 11) is 0. The number of anilines is 2. The highest BCUT2D eigenvalue weighted by molar-refractivity contribution is 6.30. The van der Waals surface area contributed by atoms with Crippen molar-refractivity contribution < 1.29 is 14.6 Å². The molecule has 6 nitrogen and oxygen atoms in total. The van der Waals surface area contributed by atoms with E-state index in [1.54, 1.807) is 51.1 Å². The lowest BCUT2D eigenvalue weighted by Crippen LogP contribution is -2.26. The van der Waals surface area contributed by atoms with Crippen LogP contribution < -0.4 is 17.2 Å². The standard InChI is InChI=1S/C19H24ClN3O3/c1-19(2,3)26-18(25)16-13(9-21)11(6-7-14(16)22)17(24)12-5-4-10(20)8-15(12)23/h4-8,17,24H,9,21-23H2,1-3H3. The Morgan fingerprint density at radius 3 is 2.31 bits per heavy atom. The van der Waals surface area contributed by atoms with Gasteiger partial charge in [0.2, 0.25) is 0 Å². The molecule has 0 bridgehead atoms. The highest BCUT2D eigenvalue weighted by Crippen LogP contribution is 2.34. The van der Waals surface area contributed by atoms with Crippen molar-refractivity contribution in [3.8, 4) is 0 Å². The number of aliphatic hydroxyl groups is 1. The van der Waals surface area contributed by atoms with E-state index in [0.29, 0.717) is 27.4 Å². The van der Waals surface area contributed by atoms with E-state index in [2.05, 4.69) is 0 Å². The maximum absolute atomic E-state index is 12.6. The molecule has 0 spiro atoms. The molecule has 7 N–H and O–H groups in total. The molecule has 0 radical (unpaired) electrons. The molecule has 0 aliphatic heterocycles. The zero-order valence-electron chi connectivity index (χ0n) is 15.0. The molecule has 7 heteroatoms. The van der Waals surface area contributed by atoms with Crippen molar-refractivity contribution in [2.24, 2.45) is 5.73 Å². The van der Waals surface area contributed by atoms with Gasteiger partial charge in [0.15, 0.2) is 0 Å². The fourth-order valence-electron chi connectivity index (χ4n) is 2.69. The highest BCUT2D eigenvalue weighted by atomic mass is 35.5. The van der Waals surface area contributed by atoms with E-state index in [1.165, 1.54) is 0 Å². The van der Waals surface area contributed by atoms with Crippen LogP contribution in [0.2, 0.25) is 5.02 Å². The Labute approximate surface area is 157 Å². The summed E-state index contributed by atoms with van der Waals surface area (Å²) >= 11 is 5.92. The Hall–Kier alpha value is -2.28. The molecule has 0 aliphatic rings. The predicted molar refractivity (Wildman–Crippen MR) is 104 cm³/mol. The molecule has 0 fully saturated rings. The number of carbonyl (C=O) groups is 1. The van der Waals surface area contributed by atoms with Crippen molar-refractivity contribution >= 4 is 28.9 Å². The molecule has 26 heavy (non-hydrogen) atoms. The largest absolute Gasteiger partial charge is 0.456 e. The Balaban J connectivity index is 2.56. The maximum atomic E-state index is 12.6. The van der Waals surface area contributed by atoms with Crippen molar-refractivity contribution in [1.29, 1.82) is 0 Å². The number of benzene rings is 2. The Morgan fingerprint density at radius 1 is 1.15 bits per heavy atom. The Kier molecular flexibility index (Phi) is 5.81. The highest BCUT2D eigenvalue weighted by Gasteiger charge is 2.26. The van der Waals surface area contributed by atoms with Gasteiger partial charge in [-0.2, -0.15) is 0 Å². The van der Waals surface area contributed by atoms with Crippen molar-refractivity contribution in [2.75, 3.05) is 11.5 Å². The van der Waals surface area contributed by atoms with Gasteiger partial charge in [-0.25, -0.2) is 4.79 Å². The van der Waals surface area contributed by atoms with Crippen LogP contribution in [0.3, 0.4) is 0 Å². The summed E-state index contributed by atoms with van der Waals surface area (Å²) in [5, 5.41) is 11.3. The molecule has 1 atom stereocenters. The molecule has 1 unspecified atom stereocenters. The third kappa shape index (κ3) is 4.27. The van der Waals surface area contributed by atoms with Gasteiger partial charge in [0, 0.05) is 28.5 Å². The van der Waals surface area contributed by atoms with Crippen LogP contribution in [-0.4, -0.2) is 16.7 Å². The van der Waals surface area contributed by atoms with Crippen LogP contribution >= 0.6 is 11.6 Å². The van der Waals surface area contributed by atoms with Crippen LogP contribution in [0, 0.1) is 0 Å². The first-order valence-electron chi connectivity index (χ1n) is 8.12. The molecule has 0 amide bonds. The normalized spacial score (nSPS) is 12.7. The van der Waals surface area contributed by atoms with Gasteiger partial charge in [0.1, 0.15) is 11.7 Å². The summed E-state index contributed by atoms with van der Waals surface area (Å²) in [6.07, 6.45) is -1.09. The number of carbonyl (C=O) groups excluding carboxylic acids is 1. The average molecular weight is 378 g/mol. The molecule has 0 saturated heterocycles. The van der Waals surface area contributed by atoms with E-state index < -0.39 is 17.7 Å². The lowest BCUT2D eigenvalue weighted by Gasteiger charge is -2.23. The third-order valence-electron chi connectivity index (χ3n) is 3.83. The van der Waals surface area contributed by atoms with Crippen molar-refractivity contribution in [1.82, 2.24) is 0 Å². The van der Waals surface area contributed by atoms with Gasteiger partial charge in [-0.1, -0.05) is 23.7 Å². The topological polar surface area (TPSA) is 125 Å². The van der Waals surface area contributed by atoms with Crippen molar-refractivity contribution in [2.45, 2.75) is 39.0 Å². The second-order valence-electron chi connectivity index (χ2n) is 6.98. The lowest BCUT2D eigenvalue weighted by atomic mass is 9.91. The van der Waals surface area contributed by atoms with Crippen LogP contribution in [0.15, 0.2) is 30.3 Å². The number of rotatable bonds is 4. The van der Waals surface area contributed by atoms with Gasteiger partial charge in [0.05, 0.1) is 5.56 Å². The number of nitrogens with two attached hydrogens (primary N) is 3. The molecular formula is C19H24ClN3O3. The molecule has 2 aromatic rings. The van der Waals surface area contributed by atoms with E-state index >= 15 is 0 Å². The Morgan fingerprint density at radius 2 is 1.77 bits per heavy atom. The first-order chi connectivity index (χ1) is 12.0. The minimum absolute atomic E-state index is 0.000492. The smallest absolute Gasteiger partial charge is 0.341 e. The summed E-state index contributed by atoms with van der Waals surface area (Å²) < 4.78 is 5.43. The minimum Gasteiger partial charge on any atom is -0.456 e. The van der Waals surface area contributed by atoms with E-state index in [-0.39, 0.29) is 17.8 Å². The van der Waals surface area contributed by atoms with Gasteiger partial charge in [-0.05, 0) is 50.1 Å². The summed E-state index contributed by atoms with van der Waals surface area (Å²) in [5.74, 6) is -0.589. The lowest BCUT2D eigenvalue weighted by molar-refractivity contribution is 0.00694. The minimum atomic E-state index is -1.09. The third-order valence-corrected chi connectivity index (χ3v) is 4.06. The van der Waals surface area contributed by atoms with Gasteiger partial charge in [0.25, 0.3) is 0 Å². The van der Waals surface area contributed by atoms with E-state index in [1.807, 2.05) is 0 Å². The number of aliphatic hydroxyl groups excluding tert-OH is 1. The second-order valence-corrected chi connectivity index (χ2v) is 7.42. The van der Waals surface area contributed by atoms with Gasteiger partial charge < -0.3 is 27.0 Å². The Bertz CT molecular complexity index is 832. The first-order valence-corrected chi connectivity index (χ1v) is 8.50. The van der Waals surface area contributed by atoms with E-state index in [4.69, 9.17) is 33.5 Å². The second kappa shape index (κ2) is 7.53. The first kappa shape index (κ1) is 20.0.